The fourth-order valence-corrected chi connectivity index (χ4v) is 2.10. The van der Waals surface area contributed by atoms with Crippen molar-refractivity contribution in [3.05, 3.63) is 0 Å². The summed E-state index contributed by atoms with van der Waals surface area (Å²) in [5.74, 6) is -0.125. The second-order valence-corrected chi connectivity index (χ2v) is 6.35. The number of hydrogen-bond acceptors (Lipinski definition) is 4. The zero-order valence-electron chi connectivity index (χ0n) is 13.6. The maximum atomic E-state index is 11.8. The molecule has 1 N–H and O–H groups in total. The number of nitrogens with zero attached hydrogens (tertiary/aromatic N) is 1. The van der Waals surface area contributed by atoms with E-state index in [0.29, 0.717) is 6.61 Å². The summed E-state index contributed by atoms with van der Waals surface area (Å²) in [6.45, 7) is 13.8. The van der Waals surface area contributed by atoms with Gasteiger partial charge in [0.1, 0.15) is 6.04 Å². The molecule has 0 spiro atoms. The summed E-state index contributed by atoms with van der Waals surface area (Å²) < 4.78 is 5.11. The van der Waals surface area contributed by atoms with Crippen LogP contribution in [0, 0.1) is 5.41 Å². The Morgan fingerprint density at radius 2 is 1.95 bits per heavy atom. The maximum absolute atomic E-state index is 11.8. The third-order valence-electron chi connectivity index (χ3n) is 2.76. The lowest BCUT2D eigenvalue weighted by atomic mass is 9.96. The van der Waals surface area contributed by atoms with Crippen molar-refractivity contribution < 1.29 is 9.53 Å². The Morgan fingerprint density at radius 1 is 1.32 bits per heavy atom. The Bertz CT molecular complexity index is 249. The fraction of sp³-hybridized carbons (Fsp3) is 0.933. The quantitative estimate of drug-likeness (QED) is 0.654. The first-order valence-corrected chi connectivity index (χ1v) is 7.38. The number of nitrogens with one attached hydrogen (secondary N) is 1. The van der Waals surface area contributed by atoms with Crippen LogP contribution in [-0.4, -0.2) is 50.2 Å². The standard InChI is InChI=1S/C15H32N2O2/c1-7-10-16-13(14(18)19-8-2)9-11-17(6)12-15(3,4)5/h13,16H,7-12H2,1-6H3. The molecular formula is C15H32N2O2. The molecule has 0 heterocycles. The molecule has 0 bridgehead atoms. The van der Waals surface area contributed by atoms with E-state index >= 15 is 0 Å². The number of esters is 1. The normalized spacial score (nSPS) is 13.6. The van der Waals surface area contributed by atoms with E-state index in [9.17, 15) is 4.79 Å². The van der Waals surface area contributed by atoms with Crippen molar-refractivity contribution in [2.45, 2.75) is 53.5 Å². The Hall–Kier alpha value is -0.610. The monoisotopic (exact) mass is 272 g/mol. The van der Waals surface area contributed by atoms with E-state index in [-0.39, 0.29) is 17.4 Å². The molecule has 0 fully saturated rings. The Balaban J connectivity index is 4.20. The van der Waals surface area contributed by atoms with Gasteiger partial charge >= 0.3 is 5.97 Å². The summed E-state index contributed by atoms with van der Waals surface area (Å²) in [4.78, 5) is 14.1. The Morgan fingerprint density at radius 3 is 2.42 bits per heavy atom. The van der Waals surface area contributed by atoms with E-state index in [2.05, 4.69) is 45.0 Å². The Kier molecular flexibility index (Phi) is 9.02. The van der Waals surface area contributed by atoms with Crippen molar-refractivity contribution in [3.8, 4) is 0 Å². The van der Waals surface area contributed by atoms with Crippen molar-refractivity contribution in [2.75, 3.05) is 33.3 Å². The first kappa shape index (κ1) is 18.4. The average Bonchev–Trinajstić information content (AvgIpc) is 2.27. The first-order valence-electron chi connectivity index (χ1n) is 7.38. The third kappa shape index (κ3) is 9.91. The highest BCUT2D eigenvalue weighted by molar-refractivity contribution is 5.75. The predicted molar refractivity (Wildman–Crippen MR) is 80.3 cm³/mol. The van der Waals surface area contributed by atoms with Gasteiger partial charge in [0.25, 0.3) is 0 Å². The minimum absolute atomic E-state index is 0.125. The Labute approximate surface area is 118 Å². The second kappa shape index (κ2) is 9.32. The molecule has 0 aliphatic rings. The van der Waals surface area contributed by atoms with Gasteiger partial charge in [-0.2, -0.15) is 0 Å². The van der Waals surface area contributed by atoms with Gasteiger partial charge < -0.3 is 15.0 Å². The van der Waals surface area contributed by atoms with Gasteiger partial charge in [-0.1, -0.05) is 27.7 Å². The van der Waals surface area contributed by atoms with Crippen LogP contribution in [0.2, 0.25) is 0 Å². The lowest BCUT2D eigenvalue weighted by molar-refractivity contribution is -0.145. The molecule has 0 aliphatic heterocycles. The van der Waals surface area contributed by atoms with E-state index in [1.54, 1.807) is 0 Å². The van der Waals surface area contributed by atoms with Crippen LogP contribution >= 0.6 is 0 Å². The minimum atomic E-state index is -0.178. The molecule has 1 unspecified atom stereocenters. The summed E-state index contributed by atoms with van der Waals surface area (Å²) >= 11 is 0. The van der Waals surface area contributed by atoms with Gasteiger partial charge in [-0.3, -0.25) is 4.79 Å². The molecule has 0 aromatic rings. The SMILES string of the molecule is CCCNC(CCN(C)CC(C)(C)C)C(=O)OCC. The molecule has 114 valence electrons. The molecule has 4 heteroatoms. The second-order valence-electron chi connectivity index (χ2n) is 6.35. The molecule has 0 rings (SSSR count). The lowest BCUT2D eigenvalue weighted by Gasteiger charge is -2.27. The van der Waals surface area contributed by atoms with Crippen molar-refractivity contribution in [3.63, 3.8) is 0 Å². The highest BCUT2D eigenvalue weighted by atomic mass is 16.5. The van der Waals surface area contributed by atoms with Gasteiger partial charge in [-0.05, 0) is 45.3 Å². The highest BCUT2D eigenvalue weighted by Gasteiger charge is 2.20. The van der Waals surface area contributed by atoms with Crippen LogP contribution in [-0.2, 0) is 9.53 Å². The topological polar surface area (TPSA) is 41.6 Å². The summed E-state index contributed by atoms with van der Waals surface area (Å²) in [6, 6.07) is -0.178. The average molecular weight is 272 g/mol. The van der Waals surface area contributed by atoms with E-state index in [1.165, 1.54) is 0 Å². The van der Waals surface area contributed by atoms with Crippen LogP contribution in [0.1, 0.15) is 47.5 Å². The minimum Gasteiger partial charge on any atom is -0.465 e. The fourth-order valence-electron chi connectivity index (χ4n) is 2.10. The summed E-state index contributed by atoms with van der Waals surface area (Å²) in [5, 5.41) is 3.27. The molecule has 0 saturated carbocycles. The smallest absolute Gasteiger partial charge is 0.323 e. The van der Waals surface area contributed by atoms with E-state index in [0.717, 1.165) is 32.5 Å². The molecule has 0 radical (unpaired) electrons. The molecule has 0 aromatic carbocycles. The number of carbonyl (C=O) groups excluding carboxylic acids is 1. The maximum Gasteiger partial charge on any atom is 0.323 e. The highest BCUT2D eigenvalue weighted by Crippen LogP contribution is 2.14. The van der Waals surface area contributed by atoms with E-state index < -0.39 is 0 Å². The van der Waals surface area contributed by atoms with Gasteiger partial charge in [-0.25, -0.2) is 0 Å². The van der Waals surface area contributed by atoms with Crippen molar-refractivity contribution in [2.24, 2.45) is 5.41 Å². The van der Waals surface area contributed by atoms with Crippen LogP contribution < -0.4 is 5.32 Å². The number of hydrogen-bond donors (Lipinski definition) is 1. The third-order valence-corrected chi connectivity index (χ3v) is 2.76. The van der Waals surface area contributed by atoms with E-state index in [1.807, 2.05) is 6.92 Å². The predicted octanol–water partition coefficient (Wildman–Crippen LogP) is 2.29. The van der Waals surface area contributed by atoms with Crippen molar-refractivity contribution in [1.29, 1.82) is 0 Å². The molecule has 1 atom stereocenters. The largest absolute Gasteiger partial charge is 0.465 e. The molecule has 0 amide bonds. The lowest BCUT2D eigenvalue weighted by Crippen LogP contribution is -2.41. The van der Waals surface area contributed by atoms with Crippen molar-refractivity contribution in [1.82, 2.24) is 10.2 Å². The molecule has 0 saturated heterocycles. The molecule has 0 aromatic heterocycles. The number of rotatable bonds is 9. The van der Waals surface area contributed by atoms with Gasteiger partial charge in [-0.15, -0.1) is 0 Å². The molecule has 4 nitrogen and oxygen atoms in total. The summed E-state index contributed by atoms with van der Waals surface area (Å²) in [7, 11) is 2.10. The summed E-state index contributed by atoms with van der Waals surface area (Å²) in [6.07, 6.45) is 1.82. The molecule has 0 aliphatic carbocycles. The van der Waals surface area contributed by atoms with Crippen molar-refractivity contribution >= 4 is 5.97 Å². The van der Waals surface area contributed by atoms with Gasteiger partial charge in [0.2, 0.25) is 0 Å². The van der Waals surface area contributed by atoms with Crippen LogP contribution in [0.25, 0.3) is 0 Å². The molecular weight excluding hydrogens is 240 g/mol. The van der Waals surface area contributed by atoms with Gasteiger partial charge in [0.15, 0.2) is 0 Å². The van der Waals surface area contributed by atoms with Gasteiger partial charge in [0.05, 0.1) is 6.61 Å². The van der Waals surface area contributed by atoms with Crippen LogP contribution in [0.4, 0.5) is 0 Å². The number of ether oxygens (including phenoxy) is 1. The first-order chi connectivity index (χ1) is 8.80. The zero-order valence-corrected chi connectivity index (χ0v) is 13.6. The molecule has 19 heavy (non-hydrogen) atoms. The van der Waals surface area contributed by atoms with Crippen LogP contribution in [0.3, 0.4) is 0 Å². The number of carbonyl (C=O) groups is 1. The van der Waals surface area contributed by atoms with Gasteiger partial charge in [0, 0.05) is 6.54 Å². The van der Waals surface area contributed by atoms with Crippen LogP contribution in [0.5, 0.6) is 0 Å². The zero-order chi connectivity index (χ0) is 14.9. The van der Waals surface area contributed by atoms with E-state index in [4.69, 9.17) is 4.74 Å². The summed E-state index contributed by atoms with van der Waals surface area (Å²) in [5.41, 5.74) is 0.283. The van der Waals surface area contributed by atoms with Crippen LogP contribution in [0.15, 0.2) is 0 Å².